The highest BCUT2D eigenvalue weighted by Crippen LogP contribution is 2.69. The van der Waals surface area contributed by atoms with E-state index < -0.39 is 0 Å². The summed E-state index contributed by atoms with van der Waals surface area (Å²) in [7, 11) is 3.32. The van der Waals surface area contributed by atoms with Crippen LogP contribution in [0.4, 0.5) is 0 Å². The summed E-state index contributed by atoms with van der Waals surface area (Å²) >= 11 is 14.3. The van der Waals surface area contributed by atoms with Crippen molar-refractivity contribution in [3.63, 3.8) is 0 Å². The number of hydrogen-bond acceptors (Lipinski definition) is 12. The minimum atomic E-state index is -0.222. The van der Waals surface area contributed by atoms with Crippen molar-refractivity contribution in [3.05, 3.63) is 86.5 Å². The van der Waals surface area contributed by atoms with Crippen LogP contribution < -0.4 is 9.47 Å². The standard InChI is InChI=1S/C27H40O4S.C22H29BrO2.C22H32O.C5H12O2S.C2H2Br2O/c1-19-15-22(31-24(28)18-32-14-13-30-12-11-29-4)16-20-17-23-26(2)9-6-5-7-21(26)8-10-27(23,3)25(19)20;1-14-10-17(25-19(24)13-23)11-15-12-18-21(2)8-5-4-6-16(21)7-9-22(18,3)20(14)15;1-14-11-16(23)12-15-13-18-21(4)9-6-8-20(2,3)17(21)7-10-22(18,5)19(14)15;1-6-2-3-7-4-5-8;3-1-2(4)5/h15-16,21,23H,5-14,17-18H2,1-4H3;10-11,16,18H,4-9,12-13H2,1-3H3;11-12,17-18,23H,6-10,13H2,1-5H3;8H,2-5H2,1H3;1H2/t21-,23-,26+,27-;16-,18-,21+,22-;17-,18+,21-,22+;;/m110../s1. The van der Waals surface area contributed by atoms with E-state index in [0.29, 0.717) is 101 Å². The zero-order valence-corrected chi connectivity index (χ0v) is 65.4. The fourth-order valence-electron chi connectivity index (χ4n) is 21.7. The lowest BCUT2D eigenvalue weighted by Crippen LogP contribution is -2.55. The third kappa shape index (κ3) is 16.8. The molecule has 0 spiro atoms. The predicted molar refractivity (Wildman–Crippen MR) is 395 cm³/mol. The lowest BCUT2D eigenvalue weighted by atomic mass is 9.43. The van der Waals surface area contributed by atoms with Gasteiger partial charge in [-0.05, 0) is 293 Å². The Labute approximate surface area is 595 Å². The van der Waals surface area contributed by atoms with Gasteiger partial charge in [-0.15, -0.1) is 11.8 Å². The van der Waals surface area contributed by atoms with E-state index in [2.05, 4.69) is 167 Å². The molecule has 6 saturated carbocycles. The fourth-order valence-corrected chi connectivity index (χ4v) is 22.6. The summed E-state index contributed by atoms with van der Waals surface area (Å²) in [5.41, 5.74) is 15.6. The number of hydrogen-bond donors (Lipinski definition) is 2. The molecule has 12 rings (SSSR count). The predicted octanol–water partition coefficient (Wildman–Crippen LogP) is 19.1. The van der Waals surface area contributed by atoms with Crippen molar-refractivity contribution in [2.24, 2.45) is 57.2 Å². The van der Waals surface area contributed by atoms with Gasteiger partial charge in [0.05, 0.1) is 50.7 Å². The molecule has 0 unspecified atom stereocenters. The zero-order chi connectivity index (χ0) is 67.7. The molecule has 0 heterocycles. The van der Waals surface area contributed by atoms with Crippen molar-refractivity contribution >= 4 is 88.8 Å². The van der Waals surface area contributed by atoms with Crippen molar-refractivity contribution in [1.82, 2.24) is 0 Å². The molecule has 0 bridgehead atoms. The van der Waals surface area contributed by atoms with Crippen LogP contribution in [-0.4, -0.2) is 104 Å². The Morgan fingerprint density at radius 1 is 0.516 bits per heavy atom. The number of benzene rings is 3. The number of methoxy groups -OCH3 is 2. The summed E-state index contributed by atoms with van der Waals surface area (Å²) in [6.07, 6.45) is 26.9. The van der Waals surface area contributed by atoms with Crippen LogP contribution in [0, 0.1) is 77.9 Å². The van der Waals surface area contributed by atoms with Crippen LogP contribution in [0.15, 0.2) is 36.4 Å². The van der Waals surface area contributed by atoms with Gasteiger partial charge in [0.15, 0.2) is 0 Å². The number of aromatic hydroxyl groups is 1. The Kier molecular flexibility index (Phi) is 27.3. The van der Waals surface area contributed by atoms with Crippen LogP contribution >= 0.6 is 72.2 Å². The van der Waals surface area contributed by atoms with Gasteiger partial charge in [-0.25, -0.2) is 0 Å². The first-order valence-corrected chi connectivity index (χ1v) is 40.1. The minimum absolute atomic E-state index is 0.0162. The molecule has 3 aromatic carbocycles. The minimum Gasteiger partial charge on any atom is -0.508 e. The van der Waals surface area contributed by atoms with Gasteiger partial charge in [0.25, 0.3) is 0 Å². The number of esters is 2. The van der Waals surface area contributed by atoms with E-state index >= 15 is 0 Å². The molecule has 3 aromatic rings. The third-order valence-electron chi connectivity index (χ3n) is 25.4. The topological polar surface area (TPSA) is 127 Å². The number of thiol groups is 1. The average molecular weight is 1520 g/mol. The molecule has 93 heavy (non-hydrogen) atoms. The molecule has 0 amide bonds. The summed E-state index contributed by atoms with van der Waals surface area (Å²) in [4.78, 5) is 33.8. The van der Waals surface area contributed by atoms with E-state index in [0.717, 1.165) is 59.7 Å². The van der Waals surface area contributed by atoms with E-state index in [1.165, 1.54) is 149 Å². The van der Waals surface area contributed by atoms with Crippen LogP contribution in [0.5, 0.6) is 17.2 Å². The molecule has 520 valence electrons. The summed E-state index contributed by atoms with van der Waals surface area (Å²) in [5, 5.41) is 10.7. The van der Waals surface area contributed by atoms with Gasteiger partial charge < -0.3 is 33.5 Å². The molecule has 0 aromatic heterocycles. The summed E-state index contributed by atoms with van der Waals surface area (Å²) in [5.74, 6) is 8.23. The second-order valence-electron chi connectivity index (χ2n) is 31.3. The second kappa shape index (κ2) is 33.0. The molecule has 6 fully saturated rings. The van der Waals surface area contributed by atoms with Gasteiger partial charge >= 0.3 is 11.9 Å². The number of carbonyl (C=O) groups excluding carboxylic acids is 3. The van der Waals surface area contributed by atoms with Crippen molar-refractivity contribution in [2.75, 3.05) is 81.8 Å². The molecule has 9 aliphatic rings. The van der Waals surface area contributed by atoms with Gasteiger partial charge in [0.2, 0.25) is 4.69 Å². The number of phenols is 1. The molecule has 12 atom stereocenters. The number of fused-ring (bicyclic) bond motifs is 15. The Balaban J connectivity index is 0.000000165. The number of rotatable bonds is 17. The molecular formula is C78H115Br3O10S2. The highest BCUT2D eigenvalue weighted by atomic mass is 79.9. The Hall–Kier alpha value is -1.95. The largest absolute Gasteiger partial charge is 0.508 e. The summed E-state index contributed by atoms with van der Waals surface area (Å²) in [6, 6.07) is 12.5. The van der Waals surface area contributed by atoms with Gasteiger partial charge in [0.1, 0.15) is 22.6 Å². The second-order valence-corrected chi connectivity index (χ2v) is 34.9. The maximum atomic E-state index is 12.4. The monoisotopic (exact) mass is 1510 g/mol. The van der Waals surface area contributed by atoms with Crippen LogP contribution in [0.3, 0.4) is 0 Å². The van der Waals surface area contributed by atoms with Gasteiger partial charge in [-0.2, -0.15) is 12.6 Å². The number of aryl methyl sites for hydroxylation is 3. The van der Waals surface area contributed by atoms with Gasteiger partial charge in [-0.1, -0.05) is 119 Å². The van der Waals surface area contributed by atoms with E-state index in [1.54, 1.807) is 42.7 Å². The Morgan fingerprint density at radius 2 is 0.957 bits per heavy atom. The lowest BCUT2D eigenvalue weighted by Gasteiger charge is -2.61. The number of thioether (sulfide) groups is 1. The lowest BCUT2D eigenvalue weighted by molar-refractivity contribution is -0.132. The first-order chi connectivity index (χ1) is 44.1. The molecule has 10 nitrogen and oxygen atoms in total. The average Bonchev–Trinajstić information content (AvgIpc) is 1.63. The molecular weight excluding hydrogens is 1400 g/mol. The normalized spacial score (nSPS) is 31.8. The SMILES string of the molecule is COCCOCCS.COCCOCCSCC(=O)Oc1cc(C)c2c(c1)C[C@@H]1[C@@]3(C)CCCC[C@@H]3CC[C@@]21C.Cc1cc(O)cc2c1[C@]1(C)CC[C@H]3C(C)(C)CCC[C@]3(C)[C@H]1C2.Cc1cc(OC(=O)CBr)cc2c1[C@]1(C)CC[C@H]3CCCC[C@]3(C)[C@H]1C2.O=C(Br)CBr. The number of phenolic OH excluding ortho intramolecular Hbond substituents is 1. The van der Waals surface area contributed by atoms with Crippen molar-refractivity contribution in [3.8, 4) is 17.2 Å². The van der Waals surface area contributed by atoms with Crippen LogP contribution in [0.1, 0.15) is 215 Å². The van der Waals surface area contributed by atoms with Crippen molar-refractivity contribution in [2.45, 2.75) is 221 Å². The Morgan fingerprint density at radius 3 is 1.43 bits per heavy atom. The van der Waals surface area contributed by atoms with E-state index in [4.69, 9.17) is 28.4 Å². The smallest absolute Gasteiger partial charge is 0.321 e. The first kappa shape index (κ1) is 76.8. The van der Waals surface area contributed by atoms with Gasteiger partial charge in [-0.3, -0.25) is 14.4 Å². The summed E-state index contributed by atoms with van der Waals surface area (Å²) in [6.45, 7) is 30.8. The van der Waals surface area contributed by atoms with E-state index in [-0.39, 0.29) is 27.4 Å². The van der Waals surface area contributed by atoms with E-state index in [1.807, 2.05) is 6.07 Å². The van der Waals surface area contributed by atoms with Gasteiger partial charge in [0, 0.05) is 25.7 Å². The molecule has 0 radical (unpaired) electrons. The first-order valence-electron chi connectivity index (χ1n) is 35.3. The van der Waals surface area contributed by atoms with Crippen LogP contribution in [0.2, 0.25) is 0 Å². The highest BCUT2D eigenvalue weighted by molar-refractivity contribution is 9.19. The molecule has 0 saturated heterocycles. The number of ether oxygens (including phenoxy) is 6. The van der Waals surface area contributed by atoms with E-state index in [9.17, 15) is 19.5 Å². The summed E-state index contributed by atoms with van der Waals surface area (Å²) < 4.78 is 31.4. The number of alkyl halides is 2. The Bertz CT molecular complexity index is 3040. The van der Waals surface area contributed by atoms with Crippen LogP contribution in [0.25, 0.3) is 0 Å². The molecule has 1 N–H and O–H groups in total. The maximum absolute atomic E-state index is 12.4. The highest BCUT2D eigenvalue weighted by Gasteiger charge is 2.62. The molecule has 9 aliphatic carbocycles. The van der Waals surface area contributed by atoms with Crippen LogP contribution in [-0.2, 0) is 68.8 Å². The quantitative estimate of drug-likeness (QED) is 0.0335. The molecule has 0 aliphatic heterocycles. The third-order valence-corrected chi connectivity index (χ3v) is 28.5. The fraction of sp³-hybridized carbons (Fsp3) is 0.731. The number of halogens is 3. The number of carbonyl (C=O) groups is 3. The molecule has 15 heteroatoms. The van der Waals surface area contributed by atoms with Crippen molar-refractivity contribution in [1.29, 1.82) is 0 Å². The van der Waals surface area contributed by atoms with Crippen molar-refractivity contribution < 1.29 is 47.9 Å². The maximum Gasteiger partial charge on any atom is 0.321 e. The zero-order valence-electron chi connectivity index (χ0n) is 59.0.